The fourth-order valence-corrected chi connectivity index (χ4v) is 2.99. The minimum atomic E-state index is -0.0231. The molecule has 136 valence electrons. The van der Waals surface area contributed by atoms with Gasteiger partial charge in [0.2, 0.25) is 11.8 Å². The molecule has 6 nitrogen and oxygen atoms in total. The van der Waals surface area contributed by atoms with Crippen LogP contribution in [0, 0.1) is 5.92 Å². The fourth-order valence-electron chi connectivity index (χ4n) is 2.99. The second kappa shape index (κ2) is 9.11. The van der Waals surface area contributed by atoms with Crippen LogP contribution in [-0.2, 0) is 16.0 Å². The Kier molecular flexibility index (Phi) is 6.86. The van der Waals surface area contributed by atoms with E-state index < -0.39 is 0 Å². The van der Waals surface area contributed by atoms with Gasteiger partial charge in [0.25, 0.3) is 0 Å². The number of nitrogens with one attached hydrogen (secondary N) is 1. The van der Waals surface area contributed by atoms with E-state index in [0.717, 1.165) is 5.56 Å². The van der Waals surface area contributed by atoms with Gasteiger partial charge in [-0.1, -0.05) is 12.1 Å². The standard InChI is InChI=1S/C19H26N2O4/c1-4-9-20-19(23)15-7-10-21(11-8-15)18(22)13-14-5-6-16(24-2)17(12-14)25-3/h4-6,12,15H,1,7-11,13H2,2-3H3,(H,20,23). The van der Waals surface area contributed by atoms with Crippen LogP contribution in [-0.4, -0.2) is 50.6 Å². The van der Waals surface area contributed by atoms with E-state index in [0.29, 0.717) is 50.4 Å². The first-order chi connectivity index (χ1) is 12.1. The molecule has 1 N–H and O–H groups in total. The van der Waals surface area contributed by atoms with Crippen LogP contribution in [0.15, 0.2) is 30.9 Å². The smallest absolute Gasteiger partial charge is 0.226 e. The summed E-state index contributed by atoms with van der Waals surface area (Å²) in [6.07, 6.45) is 3.37. The van der Waals surface area contributed by atoms with Crippen LogP contribution >= 0.6 is 0 Å². The highest BCUT2D eigenvalue weighted by Gasteiger charge is 2.27. The summed E-state index contributed by atoms with van der Waals surface area (Å²) in [4.78, 5) is 26.3. The van der Waals surface area contributed by atoms with Gasteiger partial charge in [0.05, 0.1) is 20.6 Å². The molecule has 2 amide bonds. The second-order valence-electron chi connectivity index (χ2n) is 6.05. The zero-order valence-electron chi connectivity index (χ0n) is 14.9. The Balaban J connectivity index is 1.88. The molecule has 1 fully saturated rings. The highest BCUT2D eigenvalue weighted by Crippen LogP contribution is 2.28. The third-order valence-corrected chi connectivity index (χ3v) is 4.44. The molecule has 1 heterocycles. The van der Waals surface area contributed by atoms with E-state index in [1.165, 1.54) is 0 Å². The van der Waals surface area contributed by atoms with E-state index >= 15 is 0 Å². The molecule has 6 heteroatoms. The molecule has 0 atom stereocenters. The summed E-state index contributed by atoms with van der Waals surface area (Å²) in [7, 11) is 3.16. The number of likely N-dealkylation sites (tertiary alicyclic amines) is 1. The lowest BCUT2D eigenvalue weighted by atomic mass is 9.95. The molecule has 0 radical (unpaired) electrons. The Morgan fingerprint density at radius 1 is 1.24 bits per heavy atom. The summed E-state index contributed by atoms with van der Waals surface area (Å²) in [5.74, 6) is 1.35. The number of ether oxygens (including phenoxy) is 2. The monoisotopic (exact) mass is 346 g/mol. The number of rotatable bonds is 7. The summed E-state index contributed by atoms with van der Waals surface area (Å²) >= 11 is 0. The van der Waals surface area contributed by atoms with Gasteiger partial charge in [-0.15, -0.1) is 6.58 Å². The van der Waals surface area contributed by atoms with E-state index in [1.54, 1.807) is 26.4 Å². The lowest BCUT2D eigenvalue weighted by molar-refractivity contribution is -0.135. The van der Waals surface area contributed by atoms with Crippen LogP contribution in [0.4, 0.5) is 0 Å². The number of hydrogen-bond acceptors (Lipinski definition) is 4. The van der Waals surface area contributed by atoms with Crippen LogP contribution in [0.2, 0.25) is 0 Å². The normalized spacial score (nSPS) is 14.7. The Morgan fingerprint density at radius 2 is 1.92 bits per heavy atom. The molecular formula is C19H26N2O4. The van der Waals surface area contributed by atoms with Gasteiger partial charge >= 0.3 is 0 Å². The van der Waals surface area contributed by atoms with E-state index in [-0.39, 0.29) is 17.7 Å². The van der Waals surface area contributed by atoms with Gasteiger partial charge in [-0.25, -0.2) is 0 Å². The number of benzene rings is 1. The predicted octanol–water partition coefficient (Wildman–Crippen LogP) is 1.79. The van der Waals surface area contributed by atoms with Gasteiger partial charge in [-0.05, 0) is 30.5 Å². The lowest BCUT2D eigenvalue weighted by Crippen LogP contribution is -2.43. The first-order valence-corrected chi connectivity index (χ1v) is 8.46. The Labute approximate surface area is 148 Å². The van der Waals surface area contributed by atoms with E-state index in [4.69, 9.17) is 9.47 Å². The average molecular weight is 346 g/mol. The molecule has 0 spiro atoms. The maximum Gasteiger partial charge on any atom is 0.226 e. The van der Waals surface area contributed by atoms with Crippen molar-refractivity contribution in [2.24, 2.45) is 5.92 Å². The predicted molar refractivity (Wildman–Crippen MR) is 95.8 cm³/mol. The third-order valence-electron chi connectivity index (χ3n) is 4.44. The average Bonchev–Trinajstić information content (AvgIpc) is 2.66. The van der Waals surface area contributed by atoms with Crippen molar-refractivity contribution in [2.45, 2.75) is 19.3 Å². The number of carbonyl (C=O) groups is 2. The molecule has 0 unspecified atom stereocenters. The van der Waals surface area contributed by atoms with Crippen molar-refractivity contribution in [3.05, 3.63) is 36.4 Å². The molecule has 0 aromatic heterocycles. The molecule has 0 saturated carbocycles. The summed E-state index contributed by atoms with van der Waals surface area (Å²) in [6.45, 7) is 5.29. The van der Waals surface area contributed by atoms with Crippen molar-refractivity contribution in [2.75, 3.05) is 33.9 Å². The number of amides is 2. The molecule has 25 heavy (non-hydrogen) atoms. The lowest BCUT2D eigenvalue weighted by Gasteiger charge is -2.31. The van der Waals surface area contributed by atoms with Gasteiger partial charge < -0.3 is 19.7 Å². The zero-order chi connectivity index (χ0) is 18.2. The molecule has 2 rings (SSSR count). The number of piperidine rings is 1. The van der Waals surface area contributed by atoms with Crippen LogP contribution in [0.3, 0.4) is 0 Å². The van der Waals surface area contributed by atoms with Crippen molar-refractivity contribution < 1.29 is 19.1 Å². The molecule has 1 aliphatic heterocycles. The second-order valence-corrected chi connectivity index (χ2v) is 6.05. The summed E-state index contributed by atoms with van der Waals surface area (Å²) in [5, 5.41) is 2.82. The maximum atomic E-state index is 12.5. The van der Waals surface area contributed by atoms with Gasteiger partial charge in [0.1, 0.15) is 0 Å². The largest absolute Gasteiger partial charge is 0.493 e. The minimum absolute atomic E-state index is 0.0231. The SMILES string of the molecule is C=CCNC(=O)C1CCN(C(=O)Cc2ccc(OC)c(OC)c2)CC1. The van der Waals surface area contributed by atoms with Crippen molar-refractivity contribution >= 4 is 11.8 Å². The third kappa shape index (κ3) is 4.98. The van der Waals surface area contributed by atoms with E-state index in [1.807, 2.05) is 17.0 Å². The van der Waals surface area contributed by atoms with E-state index in [9.17, 15) is 9.59 Å². The molecular weight excluding hydrogens is 320 g/mol. The van der Waals surface area contributed by atoms with Crippen LogP contribution in [0.25, 0.3) is 0 Å². The fraction of sp³-hybridized carbons (Fsp3) is 0.474. The number of carbonyl (C=O) groups excluding carboxylic acids is 2. The topological polar surface area (TPSA) is 67.9 Å². The Hall–Kier alpha value is -2.50. The quantitative estimate of drug-likeness (QED) is 0.765. The first-order valence-electron chi connectivity index (χ1n) is 8.46. The summed E-state index contributed by atoms with van der Waals surface area (Å²) < 4.78 is 10.5. The molecule has 0 bridgehead atoms. The van der Waals surface area contributed by atoms with Gasteiger partial charge in [-0.3, -0.25) is 9.59 Å². The van der Waals surface area contributed by atoms with Gasteiger partial charge in [0.15, 0.2) is 11.5 Å². The van der Waals surface area contributed by atoms with Crippen LogP contribution in [0.5, 0.6) is 11.5 Å². The number of methoxy groups -OCH3 is 2. The van der Waals surface area contributed by atoms with Crippen molar-refractivity contribution in [3.8, 4) is 11.5 Å². The number of hydrogen-bond donors (Lipinski definition) is 1. The van der Waals surface area contributed by atoms with Crippen LogP contribution in [0.1, 0.15) is 18.4 Å². The van der Waals surface area contributed by atoms with Crippen LogP contribution < -0.4 is 14.8 Å². The summed E-state index contributed by atoms with van der Waals surface area (Å²) in [5.41, 5.74) is 0.883. The Bertz CT molecular complexity index is 622. The van der Waals surface area contributed by atoms with Crippen molar-refractivity contribution in [3.63, 3.8) is 0 Å². The highest BCUT2D eigenvalue weighted by atomic mass is 16.5. The molecule has 1 saturated heterocycles. The Morgan fingerprint density at radius 3 is 2.52 bits per heavy atom. The molecule has 1 aromatic carbocycles. The summed E-state index contributed by atoms with van der Waals surface area (Å²) in [6, 6.07) is 5.50. The van der Waals surface area contributed by atoms with Gasteiger partial charge in [-0.2, -0.15) is 0 Å². The van der Waals surface area contributed by atoms with Crippen molar-refractivity contribution in [1.29, 1.82) is 0 Å². The molecule has 1 aromatic rings. The molecule has 1 aliphatic rings. The van der Waals surface area contributed by atoms with Gasteiger partial charge in [0, 0.05) is 25.6 Å². The maximum absolute atomic E-state index is 12.5. The molecule has 0 aliphatic carbocycles. The highest BCUT2D eigenvalue weighted by molar-refractivity contribution is 5.81. The first kappa shape index (κ1) is 18.8. The van der Waals surface area contributed by atoms with E-state index in [2.05, 4.69) is 11.9 Å². The van der Waals surface area contributed by atoms with Crippen molar-refractivity contribution in [1.82, 2.24) is 10.2 Å². The minimum Gasteiger partial charge on any atom is -0.493 e. The zero-order valence-corrected chi connectivity index (χ0v) is 14.9. The number of nitrogens with zero attached hydrogens (tertiary/aromatic N) is 1.